The Hall–Kier alpha value is -1.74. The van der Waals surface area contributed by atoms with Crippen LogP contribution in [0.4, 0.5) is 11.5 Å². The normalized spacial score (nSPS) is 25.3. The van der Waals surface area contributed by atoms with Crippen molar-refractivity contribution in [3.8, 4) is 0 Å². The molecular formula is C13H18N4O4S. The van der Waals surface area contributed by atoms with Gasteiger partial charge in [-0.3, -0.25) is 15.0 Å². The molecule has 0 bridgehead atoms. The molecule has 1 atom stereocenters. The van der Waals surface area contributed by atoms with Crippen molar-refractivity contribution >= 4 is 21.3 Å². The predicted molar refractivity (Wildman–Crippen MR) is 81.7 cm³/mol. The average molecular weight is 326 g/mol. The maximum Gasteiger partial charge on any atom is 0.287 e. The molecule has 2 aliphatic rings. The monoisotopic (exact) mass is 326 g/mol. The van der Waals surface area contributed by atoms with Crippen molar-refractivity contribution in [2.45, 2.75) is 12.5 Å². The molecular weight excluding hydrogens is 308 g/mol. The lowest BCUT2D eigenvalue weighted by molar-refractivity contribution is -0.385. The number of pyridine rings is 1. The van der Waals surface area contributed by atoms with Crippen molar-refractivity contribution in [3.05, 3.63) is 28.4 Å². The molecule has 0 amide bonds. The fourth-order valence-electron chi connectivity index (χ4n) is 3.05. The van der Waals surface area contributed by atoms with Crippen molar-refractivity contribution in [2.24, 2.45) is 0 Å². The van der Waals surface area contributed by atoms with Crippen LogP contribution >= 0.6 is 0 Å². The summed E-state index contributed by atoms with van der Waals surface area (Å²) in [4.78, 5) is 18.6. The molecule has 2 saturated heterocycles. The minimum Gasteiger partial charge on any atom is -0.354 e. The third-order valence-corrected chi connectivity index (χ3v) is 6.06. The topological polar surface area (TPSA) is 96.6 Å². The summed E-state index contributed by atoms with van der Waals surface area (Å²) in [6, 6.07) is 3.25. The second-order valence-corrected chi connectivity index (χ2v) is 7.94. The smallest absolute Gasteiger partial charge is 0.287 e. The van der Waals surface area contributed by atoms with E-state index < -0.39 is 14.8 Å². The van der Waals surface area contributed by atoms with Crippen molar-refractivity contribution in [3.63, 3.8) is 0 Å². The maximum atomic E-state index is 11.6. The first-order valence-electron chi connectivity index (χ1n) is 7.24. The molecule has 3 heterocycles. The number of aromatic nitrogens is 1. The van der Waals surface area contributed by atoms with Crippen LogP contribution < -0.4 is 4.90 Å². The Labute approximate surface area is 128 Å². The van der Waals surface area contributed by atoms with E-state index >= 15 is 0 Å². The molecule has 1 aromatic heterocycles. The molecule has 0 radical (unpaired) electrons. The van der Waals surface area contributed by atoms with Crippen molar-refractivity contribution in [1.29, 1.82) is 0 Å². The summed E-state index contributed by atoms with van der Waals surface area (Å²) in [6.45, 7) is 3.08. The number of rotatable bonds is 3. The summed E-state index contributed by atoms with van der Waals surface area (Å²) in [6.07, 6.45) is 1.99. The van der Waals surface area contributed by atoms with Crippen LogP contribution in [-0.2, 0) is 9.84 Å². The Bertz CT molecular complexity index is 653. The molecule has 0 spiro atoms. The average Bonchev–Trinajstić information content (AvgIpc) is 2.88. The largest absolute Gasteiger partial charge is 0.354 e. The van der Waals surface area contributed by atoms with Crippen LogP contribution in [0.2, 0.25) is 0 Å². The molecule has 8 nitrogen and oxygen atoms in total. The molecule has 0 saturated carbocycles. The zero-order valence-electron chi connectivity index (χ0n) is 12.1. The SMILES string of the molecule is O=[N+]([O-])c1ccc(N2CCN(C3CCS(=O)(=O)C3)CC2)nc1. The van der Waals surface area contributed by atoms with Gasteiger partial charge in [0.05, 0.1) is 16.4 Å². The molecule has 120 valence electrons. The first kappa shape index (κ1) is 15.2. The summed E-state index contributed by atoms with van der Waals surface area (Å²) >= 11 is 0. The van der Waals surface area contributed by atoms with Crippen LogP contribution in [0.3, 0.4) is 0 Å². The van der Waals surface area contributed by atoms with Gasteiger partial charge in [-0.1, -0.05) is 0 Å². The zero-order valence-corrected chi connectivity index (χ0v) is 12.9. The second kappa shape index (κ2) is 5.81. The number of hydrogen-bond donors (Lipinski definition) is 0. The molecule has 0 aromatic carbocycles. The minimum absolute atomic E-state index is 0.0152. The number of nitrogens with zero attached hydrogens (tertiary/aromatic N) is 4. The van der Waals surface area contributed by atoms with Crippen LogP contribution in [0.25, 0.3) is 0 Å². The van der Waals surface area contributed by atoms with Crippen molar-refractivity contribution < 1.29 is 13.3 Å². The first-order valence-corrected chi connectivity index (χ1v) is 9.07. The number of anilines is 1. The van der Waals surface area contributed by atoms with Gasteiger partial charge >= 0.3 is 0 Å². The second-order valence-electron chi connectivity index (χ2n) is 5.71. The van der Waals surface area contributed by atoms with E-state index in [0.717, 1.165) is 38.4 Å². The Morgan fingerprint density at radius 3 is 2.45 bits per heavy atom. The van der Waals surface area contributed by atoms with Gasteiger partial charge in [0.15, 0.2) is 9.84 Å². The van der Waals surface area contributed by atoms with Gasteiger partial charge in [0.25, 0.3) is 5.69 Å². The van der Waals surface area contributed by atoms with Gasteiger partial charge < -0.3 is 4.90 Å². The molecule has 0 N–H and O–H groups in total. The Morgan fingerprint density at radius 2 is 1.95 bits per heavy atom. The lowest BCUT2D eigenvalue weighted by atomic mass is 10.2. The number of hydrogen-bond acceptors (Lipinski definition) is 7. The van der Waals surface area contributed by atoms with E-state index in [4.69, 9.17) is 0 Å². The van der Waals surface area contributed by atoms with Gasteiger partial charge in [0, 0.05) is 38.3 Å². The van der Waals surface area contributed by atoms with Gasteiger partial charge in [-0.25, -0.2) is 13.4 Å². The molecule has 3 rings (SSSR count). The van der Waals surface area contributed by atoms with E-state index in [9.17, 15) is 18.5 Å². The quantitative estimate of drug-likeness (QED) is 0.582. The highest BCUT2D eigenvalue weighted by molar-refractivity contribution is 7.91. The van der Waals surface area contributed by atoms with Gasteiger partial charge in [-0.15, -0.1) is 0 Å². The van der Waals surface area contributed by atoms with Crippen LogP contribution in [0.5, 0.6) is 0 Å². The van der Waals surface area contributed by atoms with Crippen molar-refractivity contribution in [2.75, 3.05) is 42.6 Å². The molecule has 1 aromatic rings. The van der Waals surface area contributed by atoms with Gasteiger partial charge in [-0.2, -0.15) is 0 Å². The third-order valence-electron chi connectivity index (χ3n) is 4.31. The lowest BCUT2D eigenvalue weighted by Gasteiger charge is -2.38. The predicted octanol–water partition coefficient (Wildman–Crippen LogP) is 0.299. The molecule has 22 heavy (non-hydrogen) atoms. The first-order chi connectivity index (χ1) is 10.4. The molecule has 1 unspecified atom stereocenters. The van der Waals surface area contributed by atoms with Crippen LogP contribution in [-0.4, -0.2) is 67.0 Å². The van der Waals surface area contributed by atoms with E-state index in [1.54, 1.807) is 6.07 Å². The Balaban J connectivity index is 1.58. The summed E-state index contributed by atoms with van der Waals surface area (Å²) in [7, 11) is -2.85. The standard InChI is InChI=1S/C13H18N4O4S/c18-17(19)11-1-2-13(14-9-11)16-6-4-15(5-7-16)12-3-8-22(20,21)10-12/h1-2,9,12H,3-8,10H2. The summed E-state index contributed by atoms with van der Waals surface area (Å²) in [5.74, 6) is 1.29. The van der Waals surface area contributed by atoms with E-state index in [-0.39, 0.29) is 17.5 Å². The van der Waals surface area contributed by atoms with E-state index in [2.05, 4.69) is 14.8 Å². The maximum absolute atomic E-state index is 11.6. The summed E-state index contributed by atoms with van der Waals surface area (Å²) in [5.41, 5.74) is -0.0152. The number of sulfone groups is 1. The van der Waals surface area contributed by atoms with Gasteiger partial charge in [0.2, 0.25) is 0 Å². The van der Waals surface area contributed by atoms with Gasteiger partial charge in [-0.05, 0) is 12.5 Å². The number of piperazine rings is 1. The minimum atomic E-state index is -2.85. The van der Waals surface area contributed by atoms with E-state index in [1.807, 2.05) is 0 Å². The molecule has 9 heteroatoms. The zero-order chi connectivity index (χ0) is 15.7. The highest BCUT2D eigenvalue weighted by Gasteiger charge is 2.33. The van der Waals surface area contributed by atoms with Crippen LogP contribution in [0, 0.1) is 10.1 Å². The molecule has 2 fully saturated rings. The summed E-state index contributed by atoms with van der Waals surface area (Å²) < 4.78 is 23.1. The Kier molecular flexibility index (Phi) is 4.00. The van der Waals surface area contributed by atoms with E-state index in [1.165, 1.54) is 12.3 Å². The fourth-order valence-corrected chi connectivity index (χ4v) is 4.81. The highest BCUT2D eigenvalue weighted by Crippen LogP contribution is 2.22. The Morgan fingerprint density at radius 1 is 1.23 bits per heavy atom. The van der Waals surface area contributed by atoms with Crippen molar-refractivity contribution in [1.82, 2.24) is 9.88 Å². The highest BCUT2D eigenvalue weighted by atomic mass is 32.2. The number of nitro groups is 1. The molecule has 2 aliphatic heterocycles. The van der Waals surface area contributed by atoms with Crippen LogP contribution in [0.1, 0.15) is 6.42 Å². The van der Waals surface area contributed by atoms with Crippen LogP contribution in [0.15, 0.2) is 18.3 Å². The fraction of sp³-hybridized carbons (Fsp3) is 0.615. The third kappa shape index (κ3) is 3.20. The lowest BCUT2D eigenvalue weighted by Crippen LogP contribution is -2.51. The van der Waals surface area contributed by atoms with Gasteiger partial charge in [0.1, 0.15) is 12.0 Å². The molecule has 0 aliphatic carbocycles. The summed E-state index contributed by atoms with van der Waals surface area (Å²) in [5, 5.41) is 10.6. The van der Waals surface area contributed by atoms with E-state index in [0.29, 0.717) is 5.75 Å².